The van der Waals surface area contributed by atoms with E-state index in [1.807, 2.05) is 0 Å². The second-order valence-electron chi connectivity index (χ2n) is 2.94. The fourth-order valence-corrected chi connectivity index (χ4v) is 1.19. The molecule has 7 heteroatoms. The molecule has 0 heterocycles. The Morgan fingerprint density at radius 1 is 1.31 bits per heavy atom. The number of carboxylic acids is 1. The molecule has 88 valence electrons. The Kier molecular flexibility index (Phi) is 3.18. The van der Waals surface area contributed by atoms with Gasteiger partial charge in [0.25, 0.3) is 0 Å². The first kappa shape index (κ1) is 12.4. The van der Waals surface area contributed by atoms with Crippen molar-refractivity contribution < 1.29 is 32.6 Å². The number of rotatable bonds is 2. The highest BCUT2D eigenvalue weighted by atomic mass is 19.4. The highest BCUT2D eigenvalue weighted by Gasteiger charge is 2.38. The monoisotopic (exact) mass is 238 g/mol. The first-order chi connectivity index (χ1) is 7.25. The number of halogens is 4. The third-order valence-electron chi connectivity index (χ3n) is 1.87. The van der Waals surface area contributed by atoms with Crippen LogP contribution in [0.5, 0.6) is 0 Å². The van der Waals surface area contributed by atoms with Crippen molar-refractivity contribution in [1.29, 1.82) is 0 Å². The number of aliphatic hydroxyl groups is 1. The lowest BCUT2D eigenvalue weighted by Crippen LogP contribution is -2.19. The number of benzene rings is 1. The van der Waals surface area contributed by atoms with E-state index in [4.69, 9.17) is 10.2 Å². The Balaban J connectivity index is 3.41. The summed E-state index contributed by atoms with van der Waals surface area (Å²) >= 11 is 0. The number of hydrogen-bond donors (Lipinski definition) is 2. The summed E-state index contributed by atoms with van der Waals surface area (Å²) in [4.78, 5) is 10.3. The highest BCUT2D eigenvalue weighted by Crippen LogP contribution is 2.35. The molecule has 0 radical (unpaired) electrons. The van der Waals surface area contributed by atoms with Crippen molar-refractivity contribution in [1.82, 2.24) is 0 Å². The van der Waals surface area contributed by atoms with Crippen LogP contribution in [0.4, 0.5) is 17.6 Å². The molecule has 1 rings (SSSR count). The lowest BCUT2D eigenvalue weighted by Gasteiger charge is -2.15. The summed E-state index contributed by atoms with van der Waals surface area (Å²) in [5, 5.41) is 17.3. The predicted octanol–water partition coefficient (Wildman–Crippen LogP) is 1.96. The zero-order valence-electron chi connectivity index (χ0n) is 7.62. The number of aliphatic hydroxyl groups excluding tert-OH is 1. The zero-order valence-corrected chi connectivity index (χ0v) is 7.62. The van der Waals surface area contributed by atoms with Gasteiger partial charge in [0.2, 0.25) is 0 Å². The minimum atomic E-state index is -4.92. The Hall–Kier alpha value is -1.63. The second-order valence-corrected chi connectivity index (χ2v) is 2.94. The zero-order chi connectivity index (χ0) is 12.5. The van der Waals surface area contributed by atoms with Crippen LogP contribution in [0.3, 0.4) is 0 Å². The quantitative estimate of drug-likeness (QED) is 0.774. The van der Waals surface area contributed by atoms with Crippen molar-refractivity contribution in [3.8, 4) is 0 Å². The van der Waals surface area contributed by atoms with Gasteiger partial charge in [-0.25, -0.2) is 9.18 Å². The van der Waals surface area contributed by atoms with E-state index in [1.54, 1.807) is 0 Å². The molecule has 1 aromatic rings. The molecule has 2 N–H and O–H groups in total. The molecule has 0 spiro atoms. The van der Waals surface area contributed by atoms with Crippen LogP contribution in [0.15, 0.2) is 18.2 Å². The molecule has 16 heavy (non-hydrogen) atoms. The van der Waals surface area contributed by atoms with Gasteiger partial charge in [0.15, 0.2) is 6.10 Å². The Morgan fingerprint density at radius 3 is 2.31 bits per heavy atom. The smallest absolute Gasteiger partial charge is 0.416 e. The van der Waals surface area contributed by atoms with Gasteiger partial charge >= 0.3 is 12.1 Å². The van der Waals surface area contributed by atoms with Crippen molar-refractivity contribution in [2.45, 2.75) is 12.3 Å². The maximum absolute atomic E-state index is 13.1. The minimum Gasteiger partial charge on any atom is -0.479 e. The summed E-state index contributed by atoms with van der Waals surface area (Å²) in [5.74, 6) is -3.36. The molecule has 0 saturated heterocycles. The van der Waals surface area contributed by atoms with Crippen LogP contribution in [0.1, 0.15) is 17.2 Å². The largest absolute Gasteiger partial charge is 0.479 e. The lowest BCUT2D eigenvalue weighted by molar-refractivity contribution is -0.149. The molecule has 0 bridgehead atoms. The first-order valence-corrected chi connectivity index (χ1v) is 4.01. The second kappa shape index (κ2) is 4.09. The number of carboxylic acid groups (broad SMARTS) is 1. The summed E-state index contributed by atoms with van der Waals surface area (Å²) in [6, 6.07) is 1.94. The maximum atomic E-state index is 13.1. The molecule has 0 aliphatic carbocycles. The van der Waals surface area contributed by atoms with Gasteiger partial charge in [-0.3, -0.25) is 0 Å². The van der Waals surface area contributed by atoms with E-state index in [2.05, 4.69) is 0 Å². The van der Waals surface area contributed by atoms with Crippen molar-refractivity contribution in [2.24, 2.45) is 0 Å². The Bertz CT molecular complexity index is 414. The topological polar surface area (TPSA) is 57.5 Å². The van der Waals surface area contributed by atoms with Crippen LogP contribution < -0.4 is 0 Å². The van der Waals surface area contributed by atoms with Crippen LogP contribution in [0.25, 0.3) is 0 Å². The van der Waals surface area contributed by atoms with Gasteiger partial charge in [0.05, 0.1) is 5.56 Å². The SMILES string of the molecule is O=C(O)[C@@H](O)c1c(F)cccc1C(F)(F)F. The summed E-state index contributed by atoms with van der Waals surface area (Å²) in [6.07, 6.45) is -7.47. The number of alkyl halides is 3. The number of hydrogen-bond acceptors (Lipinski definition) is 2. The van der Waals surface area contributed by atoms with E-state index in [1.165, 1.54) is 0 Å². The first-order valence-electron chi connectivity index (χ1n) is 4.01. The molecule has 0 unspecified atom stereocenters. The molecule has 0 saturated carbocycles. The average Bonchev–Trinajstić information content (AvgIpc) is 2.14. The maximum Gasteiger partial charge on any atom is 0.416 e. The van der Waals surface area contributed by atoms with Crippen molar-refractivity contribution in [3.63, 3.8) is 0 Å². The van der Waals surface area contributed by atoms with E-state index in [0.717, 1.165) is 6.07 Å². The summed E-state index contributed by atoms with van der Waals surface area (Å²) in [6.45, 7) is 0. The molecule has 0 fully saturated rings. The number of aliphatic carboxylic acids is 1. The van der Waals surface area contributed by atoms with Gasteiger partial charge in [-0.2, -0.15) is 13.2 Å². The van der Waals surface area contributed by atoms with Crippen LogP contribution in [-0.2, 0) is 11.0 Å². The average molecular weight is 238 g/mol. The third-order valence-corrected chi connectivity index (χ3v) is 1.87. The molecular weight excluding hydrogens is 232 g/mol. The molecule has 3 nitrogen and oxygen atoms in total. The van der Waals surface area contributed by atoms with E-state index >= 15 is 0 Å². The summed E-state index contributed by atoms with van der Waals surface area (Å²) in [5.41, 5.74) is -2.77. The predicted molar refractivity (Wildman–Crippen MR) is 44.0 cm³/mol. The molecular formula is C9H6F4O3. The fourth-order valence-electron chi connectivity index (χ4n) is 1.19. The molecule has 1 aromatic carbocycles. The Morgan fingerprint density at radius 2 is 1.88 bits per heavy atom. The van der Waals surface area contributed by atoms with E-state index in [9.17, 15) is 22.4 Å². The normalized spacial score (nSPS) is 13.6. The van der Waals surface area contributed by atoms with Gasteiger partial charge in [-0.05, 0) is 12.1 Å². The van der Waals surface area contributed by atoms with Crippen molar-refractivity contribution >= 4 is 5.97 Å². The molecule has 0 aromatic heterocycles. The van der Waals surface area contributed by atoms with E-state index < -0.39 is 35.2 Å². The fraction of sp³-hybridized carbons (Fsp3) is 0.222. The molecule has 0 aliphatic rings. The Labute approximate surface area is 86.9 Å². The lowest BCUT2D eigenvalue weighted by atomic mass is 10.0. The van der Waals surface area contributed by atoms with Gasteiger partial charge in [-0.15, -0.1) is 0 Å². The third kappa shape index (κ3) is 2.30. The minimum absolute atomic E-state index is 0.505. The molecule has 1 atom stereocenters. The van der Waals surface area contributed by atoms with Crippen LogP contribution >= 0.6 is 0 Å². The van der Waals surface area contributed by atoms with Crippen molar-refractivity contribution in [2.75, 3.05) is 0 Å². The highest BCUT2D eigenvalue weighted by molar-refractivity contribution is 5.74. The van der Waals surface area contributed by atoms with Crippen LogP contribution in [-0.4, -0.2) is 16.2 Å². The van der Waals surface area contributed by atoms with Crippen LogP contribution in [0.2, 0.25) is 0 Å². The standard InChI is InChI=1S/C9H6F4O3/c10-5-3-1-2-4(9(11,12)13)6(5)7(14)8(15)16/h1-3,7,14H,(H,15,16)/t7-/m0/s1. The molecule has 0 aliphatic heterocycles. The van der Waals surface area contributed by atoms with Gasteiger partial charge in [0.1, 0.15) is 5.82 Å². The number of carbonyl (C=O) groups is 1. The van der Waals surface area contributed by atoms with Gasteiger partial charge < -0.3 is 10.2 Å². The van der Waals surface area contributed by atoms with Crippen LogP contribution in [0, 0.1) is 5.82 Å². The summed E-state index contributed by atoms with van der Waals surface area (Å²) in [7, 11) is 0. The van der Waals surface area contributed by atoms with E-state index in [0.29, 0.717) is 12.1 Å². The van der Waals surface area contributed by atoms with Gasteiger partial charge in [0, 0.05) is 5.56 Å². The van der Waals surface area contributed by atoms with E-state index in [-0.39, 0.29) is 0 Å². The summed E-state index contributed by atoms with van der Waals surface area (Å²) < 4.78 is 50.2. The van der Waals surface area contributed by atoms with Gasteiger partial charge in [-0.1, -0.05) is 6.07 Å². The van der Waals surface area contributed by atoms with Crippen molar-refractivity contribution in [3.05, 3.63) is 35.1 Å². The molecule has 0 amide bonds.